The topological polar surface area (TPSA) is 78.3 Å². The van der Waals surface area contributed by atoms with E-state index in [-0.39, 0.29) is 46.9 Å². The van der Waals surface area contributed by atoms with E-state index < -0.39 is 20.0 Å². The number of aromatic nitrogens is 3. The van der Waals surface area contributed by atoms with E-state index >= 15 is 0 Å². The standard InChI is InChI=1S/C16H23Cl2FN4O3Si/c1-20-16(24)26-6-5-10-12(19)11-13(17)21-15(18)22-14(11)23(10)9-25-7-8-27(2,3)4/h5-9H2,1-4H3,(H,20,24). The number of alkyl carbamates (subject to hydrolysis) is 1. The largest absolute Gasteiger partial charge is 0.449 e. The van der Waals surface area contributed by atoms with Gasteiger partial charge in [0.05, 0.1) is 17.7 Å². The Bertz CT molecular complexity index is 826. The molecular weight excluding hydrogens is 414 g/mol. The van der Waals surface area contributed by atoms with E-state index in [0.717, 1.165) is 6.04 Å². The molecule has 0 saturated carbocycles. The summed E-state index contributed by atoms with van der Waals surface area (Å²) in [5.74, 6) is -0.569. The summed E-state index contributed by atoms with van der Waals surface area (Å²) in [6, 6.07) is 0.973. The number of nitrogens with zero attached hydrogens (tertiary/aromatic N) is 3. The molecule has 11 heteroatoms. The van der Waals surface area contributed by atoms with Gasteiger partial charge < -0.3 is 19.4 Å². The maximum atomic E-state index is 15.0. The van der Waals surface area contributed by atoms with Gasteiger partial charge in [0.25, 0.3) is 0 Å². The van der Waals surface area contributed by atoms with Crippen molar-refractivity contribution in [1.82, 2.24) is 19.9 Å². The Balaban J connectivity index is 2.29. The Morgan fingerprint density at radius 1 is 1.26 bits per heavy atom. The average Bonchev–Trinajstić information content (AvgIpc) is 2.82. The fourth-order valence-corrected chi connectivity index (χ4v) is 3.61. The van der Waals surface area contributed by atoms with Gasteiger partial charge in [0.1, 0.15) is 11.9 Å². The summed E-state index contributed by atoms with van der Waals surface area (Å²) in [4.78, 5) is 19.1. The van der Waals surface area contributed by atoms with Crippen LogP contribution in [-0.2, 0) is 22.6 Å². The molecule has 150 valence electrons. The predicted octanol–water partition coefficient (Wildman–Crippen LogP) is 4.09. The number of halogens is 3. The molecule has 0 saturated heterocycles. The highest BCUT2D eigenvalue weighted by atomic mass is 35.5. The number of rotatable bonds is 8. The van der Waals surface area contributed by atoms with Crippen LogP contribution in [0.4, 0.5) is 9.18 Å². The molecule has 1 N–H and O–H groups in total. The fraction of sp³-hybridized carbons (Fsp3) is 0.562. The minimum Gasteiger partial charge on any atom is -0.449 e. The van der Waals surface area contributed by atoms with Crippen molar-refractivity contribution < 1.29 is 18.7 Å². The number of ether oxygens (including phenoxy) is 2. The first-order valence-corrected chi connectivity index (χ1v) is 12.9. The van der Waals surface area contributed by atoms with Crippen molar-refractivity contribution in [2.75, 3.05) is 20.3 Å². The van der Waals surface area contributed by atoms with E-state index in [9.17, 15) is 9.18 Å². The van der Waals surface area contributed by atoms with Gasteiger partial charge in [-0.3, -0.25) is 0 Å². The van der Waals surface area contributed by atoms with Crippen LogP contribution in [-0.4, -0.2) is 49.0 Å². The minimum atomic E-state index is -1.25. The van der Waals surface area contributed by atoms with E-state index in [1.54, 1.807) is 4.57 Å². The van der Waals surface area contributed by atoms with Crippen LogP contribution in [0.1, 0.15) is 5.69 Å². The van der Waals surface area contributed by atoms with E-state index in [0.29, 0.717) is 6.61 Å². The Morgan fingerprint density at radius 3 is 2.59 bits per heavy atom. The highest BCUT2D eigenvalue weighted by Gasteiger charge is 2.23. The molecule has 2 aromatic rings. The second-order valence-electron chi connectivity index (χ2n) is 7.15. The summed E-state index contributed by atoms with van der Waals surface area (Å²) in [7, 11) is 0.194. The van der Waals surface area contributed by atoms with Crippen molar-refractivity contribution in [3.05, 3.63) is 21.9 Å². The molecule has 1 amide bonds. The van der Waals surface area contributed by atoms with Crippen LogP contribution in [0.3, 0.4) is 0 Å². The zero-order valence-corrected chi connectivity index (χ0v) is 18.2. The van der Waals surface area contributed by atoms with E-state index in [2.05, 4.69) is 34.9 Å². The third-order valence-electron chi connectivity index (χ3n) is 3.87. The first kappa shape index (κ1) is 21.9. The van der Waals surface area contributed by atoms with Crippen LogP contribution < -0.4 is 5.32 Å². The molecule has 0 bridgehead atoms. The second kappa shape index (κ2) is 9.18. The molecule has 0 aliphatic rings. The number of amides is 1. The second-order valence-corrected chi connectivity index (χ2v) is 13.5. The van der Waals surface area contributed by atoms with Crippen molar-refractivity contribution in [2.45, 2.75) is 38.8 Å². The maximum Gasteiger partial charge on any atom is 0.406 e. The van der Waals surface area contributed by atoms with Crippen LogP contribution in [0.15, 0.2) is 0 Å². The molecule has 27 heavy (non-hydrogen) atoms. The third kappa shape index (κ3) is 5.77. The Kier molecular flexibility index (Phi) is 7.44. The van der Waals surface area contributed by atoms with E-state index in [1.165, 1.54) is 7.05 Å². The van der Waals surface area contributed by atoms with Gasteiger partial charge in [-0.1, -0.05) is 31.2 Å². The van der Waals surface area contributed by atoms with Crippen LogP contribution in [0.5, 0.6) is 0 Å². The van der Waals surface area contributed by atoms with Gasteiger partial charge >= 0.3 is 6.09 Å². The normalized spacial score (nSPS) is 11.8. The number of hydrogen-bond acceptors (Lipinski definition) is 5. The smallest absolute Gasteiger partial charge is 0.406 e. The molecule has 0 aliphatic heterocycles. The summed E-state index contributed by atoms with van der Waals surface area (Å²) >= 11 is 11.9. The molecule has 0 fully saturated rings. The van der Waals surface area contributed by atoms with Gasteiger partial charge in [-0.15, -0.1) is 0 Å². The number of nitrogens with one attached hydrogen (secondary N) is 1. The highest BCUT2D eigenvalue weighted by Crippen LogP contribution is 2.30. The molecular formula is C16H23Cl2FN4O3Si. The van der Waals surface area contributed by atoms with Gasteiger partial charge in [-0.25, -0.2) is 14.2 Å². The zero-order valence-electron chi connectivity index (χ0n) is 15.7. The Morgan fingerprint density at radius 2 is 1.96 bits per heavy atom. The first-order valence-electron chi connectivity index (χ1n) is 8.46. The van der Waals surface area contributed by atoms with Gasteiger partial charge in [-0.05, 0) is 17.6 Å². The van der Waals surface area contributed by atoms with Crippen molar-refractivity contribution >= 4 is 48.4 Å². The van der Waals surface area contributed by atoms with Crippen LogP contribution in [0.2, 0.25) is 36.1 Å². The number of hydrogen-bond donors (Lipinski definition) is 1. The molecule has 0 aliphatic carbocycles. The molecule has 0 atom stereocenters. The summed E-state index contributed by atoms with van der Waals surface area (Å²) in [5.41, 5.74) is 0.515. The molecule has 0 spiro atoms. The van der Waals surface area contributed by atoms with Crippen LogP contribution in [0, 0.1) is 5.82 Å². The quantitative estimate of drug-likeness (QED) is 0.291. The minimum absolute atomic E-state index is 0.0133. The van der Waals surface area contributed by atoms with Crippen molar-refractivity contribution in [2.24, 2.45) is 0 Å². The van der Waals surface area contributed by atoms with Gasteiger partial charge in [0, 0.05) is 28.1 Å². The molecule has 7 nitrogen and oxygen atoms in total. The van der Waals surface area contributed by atoms with Crippen LogP contribution >= 0.6 is 23.2 Å². The molecule has 2 heterocycles. The maximum absolute atomic E-state index is 15.0. The Hall–Kier alpha value is -1.42. The van der Waals surface area contributed by atoms with Crippen molar-refractivity contribution in [1.29, 1.82) is 0 Å². The summed E-state index contributed by atoms with van der Waals surface area (Å²) < 4.78 is 27.2. The van der Waals surface area contributed by atoms with Crippen molar-refractivity contribution in [3.63, 3.8) is 0 Å². The number of carbonyl (C=O) groups is 1. The zero-order chi connectivity index (χ0) is 20.2. The van der Waals surface area contributed by atoms with Gasteiger partial charge in [-0.2, -0.15) is 4.98 Å². The van der Waals surface area contributed by atoms with E-state index in [4.69, 9.17) is 32.7 Å². The molecule has 0 radical (unpaired) electrons. The molecule has 0 unspecified atom stereocenters. The lowest BCUT2D eigenvalue weighted by molar-refractivity contribution is 0.0866. The van der Waals surface area contributed by atoms with Crippen molar-refractivity contribution in [3.8, 4) is 0 Å². The predicted molar refractivity (Wildman–Crippen MR) is 106 cm³/mol. The number of carbonyl (C=O) groups excluding carboxylic acids is 1. The summed E-state index contributed by atoms with van der Waals surface area (Å²) in [5, 5.41) is 2.26. The average molecular weight is 437 g/mol. The van der Waals surface area contributed by atoms with Gasteiger partial charge in [0.15, 0.2) is 11.5 Å². The van der Waals surface area contributed by atoms with Gasteiger partial charge in [0.2, 0.25) is 5.28 Å². The summed E-state index contributed by atoms with van der Waals surface area (Å²) in [6.07, 6.45) is -0.466. The highest BCUT2D eigenvalue weighted by molar-refractivity contribution is 6.76. The molecule has 2 rings (SSSR count). The lowest BCUT2D eigenvalue weighted by Gasteiger charge is -2.16. The lowest BCUT2D eigenvalue weighted by atomic mass is 10.3. The SMILES string of the molecule is CNC(=O)OCCc1c(F)c2c(Cl)nc(Cl)nc2n1COCC[Si](C)(C)C. The molecule has 2 aromatic heterocycles. The number of fused-ring (bicyclic) bond motifs is 1. The lowest BCUT2D eigenvalue weighted by Crippen LogP contribution is -2.22. The van der Waals surface area contributed by atoms with Crippen LogP contribution in [0.25, 0.3) is 11.0 Å². The summed E-state index contributed by atoms with van der Waals surface area (Å²) in [6.45, 7) is 7.36. The fourth-order valence-electron chi connectivity index (χ4n) is 2.40. The third-order valence-corrected chi connectivity index (χ3v) is 6.01. The van der Waals surface area contributed by atoms with E-state index in [1.807, 2.05) is 0 Å². The Labute approximate surface area is 168 Å². The first-order chi connectivity index (χ1) is 12.6. The monoisotopic (exact) mass is 436 g/mol. The molecule has 0 aromatic carbocycles.